The summed E-state index contributed by atoms with van der Waals surface area (Å²) in [6.45, 7) is 6.42. The quantitative estimate of drug-likeness (QED) is 0.764. The number of piperazine rings is 1. The minimum atomic E-state index is 0.251. The molecule has 110 valence electrons. The first-order chi connectivity index (χ1) is 9.34. The van der Waals surface area contributed by atoms with E-state index in [4.69, 9.17) is 0 Å². The highest BCUT2D eigenvalue weighted by Crippen LogP contribution is 2.22. The summed E-state index contributed by atoms with van der Waals surface area (Å²) in [7, 11) is 0. The molecule has 2 rings (SSSR count). The van der Waals surface area contributed by atoms with Crippen molar-refractivity contribution in [1.29, 1.82) is 0 Å². The summed E-state index contributed by atoms with van der Waals surface area (Å²) in [5.74, 6) is 0.992. The first-order valence-electron chi connectivity index (χ1n) is 8.04. The largest absolute Gasteiger partial charge is 0.356 e. The molecule has 1 aliphatic heterocycles. The zero-order valence-electron chi connectivity index (χ0n) is 12.1. The van der Waals surface area contributed by atoms with E-state index in [9.17, 15) is 4.79 Å². The van der Waals surface area contributed by atoms with Gasteiger partial charge in [-0.25, -0.2) is 0 Å². The van der Waals surface area contributed by atoms with Gasteiger partial charge in [-0.3, -0.25) is 4.79 Å². The summed E-state index contributed by atoms with van der Waals surface area (Å²) in [4.78, 5) is 14.2. The van der Waals surface area contributed by atoms with Crippen molar-refractivity contribution >= 4 is 5.91 Å². The number of amides is 1. The van der Waals surface area contributed by atoms with Crippen LogP contribution < -0.4 is 10.6 Å². The van der Waals surface area contributed by atoms with Gasteiger partial charge < -0.3 is 15.5 Å². The van der Waals surface area contributed by atoms with Crippen LogP contribution in [0.5, 0.6) is 0 Å². The van der Waals surface area contributed by atoms with Crippen LogP contribution in [0, 0.1) is 5.92 Å². The normalized spacial score (nSPS) is 22.3. The molecule has 4 heteroatoms. The highest BCUT2D eigenvalue weighted by molar-refractivity contribution is 5.75. The van der Waals surface area contributed by atoms with Gasteiger partial charge in [-0.05, 0) is 31.7 Å². The van der Waals surface area contributed by atoms with Gasteiger partial charge in [-0.1, -0.05) is 19.3 Å². The maximum atomic E-state index is 11.8. The SMILES string of the molecule is O=C(CCCN1CCNCC1)NCC1CCCCC1. The van der Waals surface area contributed by atoms with Gasteiger partial charge in [-0.2, -0.15) is 0 Å². The number of hydrogen-bond donors (Lipinski definition) is 2. The van der Waals surface area contributed by atoms with Crippen LogP contribution in [0.1, 0.15) is 44.9 Å². The second kappa shape index (κ2) is 8.54. The predicted octanol–water partition coefficient (Wildman–Crippen LogP) is 1.37. The Labute approximate surface area is 117 Å². The maximum absolute atomic E-state index is 11.8. The molecule has 19 heavy (non-hydrogen) atoms. The standard InChI is InChI=1S/C15H29N3O/c19-15(17-13-14-5-2-1-3-6-14)7-4-10-18-11-8-16-9-12-18/h14,16H,1-13H2,(H,17,19). The van der Waals surface area contributed by atoms with Gasteiger partial charge in [-0.15, -0.1) is 0 Å². The predicted molar refractivity (Wildman–Crippen MR) is 78.1 cm³/mol. The summed E-state index contributed by atoms with van der Waals surface area (Å²) < 4.78 is 0. The lowest BCUT2D eigenvalue weighted by atomic mass is 9.89. The third-order valence-electron chi connectivity index (χ3n) is 4.40. The van der Waals surface area contributed by atoms with Gasteiger partial charge in [0.05, 0.1) is 0 Å². The molecule has 0 unspecified atom stereocenters. The molecule has 1 aliphatic carbocycles. The van der Waals surface area contributed by atoms with Gasteiger partial charge in [0.25, 0.3) is 0 Å². The molecule has 0 spiro atoms. The van der Waals surface area contributed by atoms with Crippen LogP contribution in [0.4, 0.5) is 0 Å². The average Bonchev–Trinajstić information content (AvgIpc) is 2.47. The van der Waals surface area contributed by atoms with E-state index in [1.54, 1.807) is 0 Å². The molecule has 1 saturated carbocycles. The fourth-order valence-corrected chi connectivity index (χ4v) is 3.14. The van der Waals surface area contributed by atoms with Crippen molar-refractivity contribution in [2.75, 3.05) is 39.3 Å². The molecule has 4 nitrogen and oxygen atoms in total. The molecule has 1 heterocycles. The van der Waals surface area contributed by atoms with Gasteiger partial charge in [0.1, 0.15) is 0 Å². The first kappa shape index (κ1) is 14.8. The summed E-state index contributed by atoms with van der Waals surface area (Å²) in [6.07, 6.45) is 8.39. The molecule has 1 amide bonds. The zero-order chi connectivity index (χ0) is 13.3. The number of hydrogen-bond acceptors (Lipinski definition) is 3. The van der Waals surface area contributed by atoms with Crippen LogP contribution in [0.15, 0.2) is 0 Å². The summed E-state index contributed by atoms with van der Waals surface area (Å²) in [6, 6.07) is 0. The molecule has 1 saturated heterocycles. The van der Waals surface area contributed by atoms with E-state index in [2.05, 4.69) is 15.5 Å². The Morgan fingerprint density at radius 2 is 1.89 bits per heavy atom. The number of rotatable bonds is 6. The van der Waals surface area contributed by atoms with Crippen LogP contribution in [-0.4, -0.2) is 50.1 Å². The number of nitrogens with zero attached hydrogens (tertiary/aromatic N) is 1. The first-order valence-corrected chi connectivity index (χ1v) is 8.04. The Bertz CT molecular complexity index is 258. The monoisotopic (exact) mass is 267 g/mol. The van der Waals surface area contributed by atoms with Crippen molar-refractivity contribution < 1.29 is 4.79 Å². The van der Waals surface area contributed by atoms with Crippen molar-refractivity contribution in [1.82, 2.24) is 15.5 Å². The molecule has 2 N–H and O–H groups in total. The Hall–Kier alpha value is -0.610. The number of nitrogens with one attached hydrogen (secondary N) is 2. The molecule has 0 aromatic rings. The van der Waals surface area contributed by atoms with Crippen LogP contribution >= 0.6 is 0 Å². The Balaban J connectivity index is 1.49. The van der Waals surface area contributed by atoms with E-state index < -0.39 is 0 Å². The molecule has 2 aliphatic rings. The van der Waals surface area contributed by atoms with Crippen LogP contribution in [0.2, 0.25) is 0 Å². The van der Waals surface area contributed by atoms with Crippen molar-refractivity contribution in [2.24, 2.45) is 5.92 Å². The topological polar surface area (TPSA) is 44.4 Å². The molecule has 0 radical (unpaired) electrons. The van der Waals surface area contributed by atoms with E-state index in [-0.39, 0.29) is 5.91 Å². The highest BCUT2D eigenvalue weighted by Gasteiger charge is 2.14. The van der Waals surface area contributed by atoms with Crippen molar-refractivity contribution in [3.63, 3.8) is 0 Å². The highest BCUT2D eigenvalue weighted by atomic mass is 16.1. The van der Waals surface area contributed by atoms with Crippen LogP contribution in [0.3, 0.4) is 0 Å². The fraction of sp³-hybridized carbons (Fsp3) is 0.933. The number of carbonyl (C=O) groups excluding carboxylic acids is 1. The van der Waals surface area contributed by atoms with Crippen molar-refractivity contribution in [3.05, 3.63) is 0 Å². The van der Waals surface area contributed by atoms with Gasteiger partial charge in [0.2, 0.25) is 5.91 Å². The Morgan fingerprint density at radius 1 is 1.16 bits per heavy atom. The molecule has 0 bridgehead atoms. The molecule has 0 aromatic heterocycles. The molecule has 0 atom stereocenters. The second-order valence-electron chi connectivity index (χ2n) is 6.00. The van der Waals surface area contributed by atoms with E-state index in [1.165, 1.54) is 32.1 Å². The lowest BCUT2D eigenvalue weighted by molar-refractivity contribution is -0.121. The minimum Gasteiger partial charge on any atom is -0.356 e. The zero-order valence-corrected chi connectivity index (χ0v) is 12.1. The maximum Gasteiger partial charge on any atom is 0.220 e. The van der Waals surface area contributed by atoms with Crippen molar-refractivity contribution in [3.8, 4) is 0 Å². The average molecular weight is 267 g/mol. The van der Waals surface area contributed by atoms with Crippen molar-refractivity contribution in [2.45, 2.75) is 44.9 Å². The van der Waals surface area contributed by atoms with E-state index in [1.807, 2.05) is 0 Å². The molecule has 2 fully saturated rings. The summed E-state index contributed by atoms with van der Waals surface area (Å²) >= 11 is 0. The smallest absolute Gasteiger partial charge is 0.220 e. The molecule has 0 aromatic carbocycles. The Kier molecular flexibility index (Phi) is 6.65. The minimum absolute atomic E-state index is 0.251. The van der Waals surface area contributed by atoms with Gasteiger partial charge >= 0.3 is 0 Å². The fourth-order valence-electron chi connectivity index (χ4n) is 3.14. The molecular formula is C15H29N3O. The van der Waals surface area contributed by atoms with Gasteiger partial charge in [0, 0.05) is 39.1 Å². The lowest BCUT2D eigenvalue weighted by Gasteiger charge is -2.27. The van der Waals surface area contributed by atoms with Crippen LogP contribution in [0.25, 0.3) is 0 Å². The third-order valence-corrected chi connectivity index (χ3v) is 4.40. The van der Waals surface area contributed by atoms with Gasteiger partial charge in [0.15, 0.2) is 0 Å². The Morgan fingerprint density at radius 3 is 2.63 bits per heavy atom. The third kappa shape index (κ3) is 5.91. The summed E-state index contributed by atoms with van der Waals surface area (Å²) in [5.41, 5.74) is 0. The number of carbonyl (C=O) groups is 1. The van der Waals surface area contributed by atoms with E-state index >= 15 is 0 Å². The second-order valence-corrected chi connectivity index (χ2v) is 6.00. The van der Waals surface area contributed by atoms with Crippen LogP contribution in [-0.2, 0) is 4.79 Å². The van der Waals surface area contributed by atoms with E-state index in [0.717, 1.165) is 51.6 Å². The lowest BCUT2D eigenvalue weighted by Crippen LogP contribution is -2.44. The summed E-state index contributed by atoms with van der Waals surface area (Å²) in [5, 5.41) is 6.47. The molecular weight excluding hydrogens is 238 g/mol. The van der Waals surface area contributed by atoms with E-state index in [0.29, 0.717) is 6.42 Å².